The van der Waals surface area contributed by atoms with Crippen LogP contribution in [0.3, 0.4) is 0 Å². The smallest absolute Gasteiger partial charge is 0.260 e. The number of benzene rings is 1. The molecule has 116 valence electrons. The van der Waals surface area contributed by atoms with Gasteiger partial charge in [-0.25, -0.2) is 8.78 Å². The van der Waals surface area contributed by atoms with Gasteiger partial charge in [0.2, 0.25) is 0 Å². The molecule has 0 aromatic heterocycles. The highest BCUT2D eigenvalue weighted by molar-refractivity contribution is 5.97. The van der Waals surface area contributed by atoms with E-state index in [1.165, 1.54) is 4.90 Å². The van der Waals surface area contributed by atoms with Crippen molar-refractivity contribution in [1.29, 1.82) is 0 Å². The summed E-state index contributed by atoms with van der Waals surface area (Å²) in [5, 5.41) is 18.6. The molecule has 1 amide bonds. The van der Waals surface area contributed by atoms with Crippen molar-refractivity contribution in [1.82, 2.24) is 9.80 Å². The van der Waals surface area contributed by atoms with Crippen molar-refractivity contribution in [3.63, 3.8) is 0 Å². The second-order valence-corrected chi connectivity index (χ2v) is 5.14. The molecular formula is C14H18F2N2O3. The summed E-state index contributed by atoms with van der Waals surface area (Å²) in [5.41, 5.74) is -0.501. The van der Waals surface area contributed by atoms with Crippen LogP contribution in [-0.4, -0.2) is 64.7 Å². The Hall–Kier alpha value is -1.73. The number of phenolic OH excluding ortho intramolecular Hbond substituents is 1. The van der Waals surface area contributed by atoms with Crippen molar-refractivity contribution in [2.24, 2.45) is 0 Å². The fourth-order valence-corrected chi connectivity index (χ4v) is 2.57. The predicted octanol–water partition coefficient (Wildman–Crippen LogP) is 0.809. The molecule has 0 aliphatic carbocycles. The van der Waals surface area contributed by atoms with E-state index in [0.29, 0.717) is 32.2 Å². The lowest BCUT2D eigenvalue weighted by Gasteiger charge is -2.39. The molecule has 1 aliphatic heterocycles. The number of carbonyl (C=O) groups is 1. The number of nitrogens with zero attached hydrogens (tertiary/aromatic N) is 2. The van der Waals surface area contributed by atoms with Gasteiger partial charge in [-0.1, -0.05) is 0 Å². The molecule has 0 radical (unpaired) electrons. The van der Waals surface area contributed by atoms with Crippen molar-refractivity contribution < 1.29 is 23.8 Å². The van der Waals surface area contributed by atoms with Crippen LogP contribution in [0.1, 0.15) is 17.3 Å². The van der Waals surface area contributed by atoms with E-state index < -0.39 is 28.9 Å². The van der Waals surface area contributed by atoms with E-state index in [-0.39, 0.29) is 12.6 Å². The maximum absolute atomic E-state index is 13.7. The standard InChI is InChI=1S/C14H18F2N2O3/c1-9-8-18(3-2-17(9)4-5-19)14(21)13-11(16)6-10(15)7-12(13)20/h6-7,9,19-20H,2-5,8H2,1H3. The summed E-state index contributed by atoms with van der Waals surface area (Å²) in [6, 6.07) is 1.32. The predicted molar refractivity (Wildman–Crippen MR) is 72.0 cm³/mol. The molecule has 0 bridgehead atoms. The Morgan fingerprint density at radius 2 is 2.10 bits per heavy atom. The molecule has 21 heavy (non-hydrogen) atoms. The molecule has 1 saturated heterocycles. The number of hydrogen-bond acceptors (Lipinski definition) is 4. The molecule has 1 aromatic carbocycles. The third kappa shape index (κ3) is 3.30. The normalized spacial score (nSPS) is 19.8. The first kappa shape index (κ1) is 15.7. The quantitative estimate of drug-likeness (QED) is 0.867. The van der Waals surface area contributed by atoms with Gasteiger partial charge in [-0.15, -0.1) is 0 Å². The fraction of sp³-hybridized carbons (Fsp3) is 0.500. The van der Waals surface area contributed by atoms with Crippen LogP contribution >= 0.6 is 0 Å². The molecule has 2 N–H and O–H groups in total. The third-order valence-corrected chi connectivity index (χ3v) is 3.69. The van der Waals surface area contributed by atoms with Crippen LogP contribution in [0, 0.1) is 11.6 Å². The monoisotopic (exact) mass is 300 g/mol. The van der Waals surface area contributed by atoms with Crippen LogP contribution in [0.15, 0.2) is 12.1 Å². The molecule has 1 heterocycles. The Bertz CT molecular complexity index is 516. The summed E-state index contributed by atoms with van der Waals surface area (Å²) in [5.74, 6) is -3.34. The van der Waals surface area contributed by atoms with Crippen LogP contribution in [0.5, 0.6) is 5.75 Å². The fourth-order valence-electron chi connectivity index (χ4n) is 2.57. The van der Waals surface area contributed by atoms with Crippen molar-refractivity contribution in [3.8, 4) is 5.75 Å². The lowest BCUT2D eigenvalue weighted by atomic mass is 10.1. The van der Waals surface area contributed by atoms with Gasteiger partial charge in [0.1, 0.15) is 22.9 Å². The van der Waals surface area contributed by atoms with Crippen molar-refractivity contribution in [3.05, 3.63) is 29.3 Å². The van der Waals surface area contributed by atoms with Gasteiger partial charge in [0.15, 0.2) is 0 Å². The number of aromatic hydroxyl groups is 1. The third-order valence-electron chi connectivity index (χ3n) is 3.69. The van der Waals surface area contributed by atoms with Gasteiger partial charge in [0, 0.05) is 44.4 Å². The lowest BCUT2D eigenvalue weighted by molar-refractivity contribution is 0.0463. The van der Waals surface area contributed by atoms with Gasteiger partial charge in [-0.2, -0.15) is 0 Å². The highest BCUT2D eigenvalue weighted by Crippen LogP contribution is 2.24. The number of carbonyl (C=O) groups excluding carboxylic acids is 1. The number of phenols is 1. The number of β-amino-alcohol motifs (C(OH)–C–C–N with tert-alkyl or cyclic N) is 1. The van der Waals surface area contributed by atoms with E-state index in [1.54, 1.807) is 0 Å². The van der Waals surface area contributed by atoms with Crippen LogP contribution in [0.2, 0.25) is 0 Å². The molecular weight excluding hydrogens is 282 g/mol. The van der Waals surface area contributed by atoms with E-state index >= 15 is 0 Å². The topological polar surface area (TPSA) is 64.0 Å². The second-order valence-electron chi connectivity index (χ2n) is 5.14. The van der Waals surface area contributed by atoms with Gasteiger partial charge in [0.25, 0.3) is 5.91 Å². The van der Waals surface area contributed by atoms with E-state index in [9.17, 15) is 18.7 Å². The highest BCUT2D eigenvalue weighted by Gasteiger charge is 2.30. The summed E-state index contributed by atoms with van der Waals surface area (Å²) < 4.78 is 26.7. The number of rotatable bonds is 3. The zero-order chi connectivity index (χ0) is 15.6. The summed E-state index contributed by atoms with van der Waals surface area (Å²) >= 11 is 0. The second kappa shape index (κ2) is 6.36. The molecule has 5 nitrogen and oxygen atoms in total. The molecule has 2 rings (SSSR count). The minimum atomic E-state index is -1.07. The number of piperazine rings is 1. The highest BCUT2D eigenvalue weighted by atomic mass is 19.1. The molecule has 0 saturated carbocycles. The van der Waals surface area contributed by atoms with Crippen molar-refractivity contribution >= 4 is 5.91 Å². The molecule has 7 heteroatoms. The Morgan fingerprint density at radius 1 is 1.38 bits per heavy atom. The summed E-state index contributed by atoms with van der Waals surface area (Å²) in [7, 11) is 0. The Labute approximate surface area is 121 Å². The number of amides is 1. The lowest BCUT2D eigenvalue weighted by Crippen LogP contribution is -2.54. The van der Waals surface area contributed by atoms with Crippen LogP contribution < -0.4 is 0 Å². The number of halogens is 2. The number of aliphatic hydroxyl groups excluding tert-OH is 1. The van der Waals surface area contributed by atoms with Crippen LogP contribution in [0.4, 0.5) is 8.78 Å². The average molecular weight is 300 g/mol. The largest absolute Gasteiger partial charge is 0.507 e. The van der Waals surface area contributed by atoms with Crippen LogP contribution in [-0.2, 0) is 0 Å². The van der Waals surface area contributed by atoms with Gasteiger partial charge in [-0.05, 0) is 6.92 Å². The number of hydrogen-bond donors (Lipinski definition) is 2. The van der Waals surface area contributed by atoms with Gasteiger partial charge < -0.3 is 15.1 Å². The summed E-state index contributed by atoms with van der Waals surface area (Å²) in [4.78, 5) is 15.7. The molecule has 0 spiro atoms. The Morgan fingerprint density at radius 3 is 2.67 bits per heavy atom. The number of aliphatic hydroxyl groups is 1. The van der Waals surface area contributed by atoms with E-state index in [4.69, 9.17) is 5.11 Å². The van der Waals surface area contributed by atoms with Gasteiger partial charge >= 0.3 is 0 Å². The average Bonchev–Trinajstić information content (AvgIpc) is 2.40. The Balaban J connectivity index is 2.15. The first-order valence-electron chi connectivity index (χ1n) is 6.76. The maximum atomic E-state index is 13.7. The molecule has 1 aliphatic rings. The Kier molecular flexibility index (Phi) is 4.74. The van der Waals surface area contributed by atoms with E-state index in [2.05, 4.69) is 0 Å². The first-order valence-corrected chi connectivity index (χ1v) is 6.76. The zero-order valence-corrected chi connectivity index (χ0v) is 11.7. The molecule has 1 atom stereocenters. The zero-order valence-electron chi connectivity index (χ0n) is 11.7. The molecule has 1 unspecified atom stereocenters. The van der Waals surface area contributed by atoms with Gasteiger partial charge in [-0.3, -0.25) is 9.69 Å². The van der Waals surface area contributed by atoms with E-state index in [1.807, 2.05) is 11.8 Å². The molecule has 1 aromatic rings. The van der Waals surface area contributed by atoms with Crippen LogP contribution in [0.25, 0.3) is 0 Å². The van der Waals surface area contributed by atoms with Gasteiger partial charge in [0.05, 0.1) is 6.61 Å². The SMILES string of the molecule is CC1CN(C(=O)c2c(O)cc(F)cc2F)CCN1CCO. The van der Waals surface area contributed by atoms with E-state index in [0.717, 1.165) is 6.07 Å². The maximum Gasteiger partial charge on any atom is 0.260 e. The van der Waals surface area contributed by atoms with Crippen molar-refractivity contribution in [2.45, 2.75) is 13.0 Å². The summed E-state index contributed by atoms with van der Waals surface area (Å²) in [6.07, 6.45) is 0. The molecule has 1 fully saturated rings. The minimum absolute atomic E-state index is 0.0144. The van der Waals surface area contributed by atoms with Crippen molar-refractivity contribution in [2.75, 3.05) is 32.8 Å². The first-order chi connectivity index (χ1) is 9.93. The minimum Gasteiger partial charge on any atom is -0.507 e. The summed E-state index contributed by atoms with van der Waals surface area (Å²) in [6.45, 7) is 3.71.